The Labute approximate surface area is 156 Å². The topological polar surface area (TPSA) is 87.6 Å². The summed E-state index contributed by atoms with van der Waals surface area (Å²) in [7, 11) is 3.52. The molecule has 1 heterocycles. The van der Waals surface area contributed by atoms with Crippen molar-refractivity contribution in [3.63, 3.8) is 0 Å². The summed E-state index contributed by atoms with van der Waals surface area (Å²) in [6.45, 7) is 2.83. The second-order valence-corrected chi connectivity index (χ2v) is 6.80. The van der Waals surface area contributed by atoms with Gasteiger partial charge in [0, 0.05) is 52.8 Å². The van der Waals surface area contributed by atoms with E-state index in [2.05, 4.69) is 25.9 Å². The first-order chi connectivity index (χ1) is 12.7. The van der Waals surface area contributed by atoms with Gasteiger partial charge in [-0.2, -0.15) is 0 Å². The molecule has 1 aromatic heterocycles. The third-order valence-corrected chi connectivity index (χ3v) is 4.98. The molecule has 0 unspecified atom stereocenters. The predicted octanol–water partition coefficient (Wildman–Crippen LogP) is 1.57. The largest absolute Gasteiger partial charge is 0.385 e. The molecule has 144 valence electrons. The number of ether oxygens (including phenoxy) is 1. The van der Waals surface area contributed by atoms with Crippen molar-refractivity contribution in [1.29, 1.82) is 0 Å². The highest BCUT2D eigenvalue weighted by molar-refractivity contribution is 5.93. The lowest BCUT2D eigenvalue weighted by Crippen LogP contribution is -2.45. The summed E-state index contributed by atoms with van der Waals surface area (Å²) in [5.41, 5.74) is 0.874. The summed E-state index contributed by atoms with van der Waals surface area (Å²) in [4.78, 5) is 20.2. The minimum Gasteiger partial charge on any atom is -0.385 e. The molecule has 1 fully saturated rings. The normalized spacial score (nSPS) is 16.3. The molecule has 26 heavy (non-hydrogen) atoms. The van der Waals surface area contributed by atoms with E-state index in [4.69, 9.17) is 4.74 Å². The SMILES string of the molecule is CN=C(NCCNC(=O)c1cccnc1)NCC1(CCOC)CCCC1. The molecule has 0 bridgehead atoms. The maximum absolute atomic E-state index is 12.0. The van der Waals surface area contributed by atoms with Crippen LogP contribution in [-0.2, 0) is 4.74 Å². The number of hydrogen-bond acceptors (Lipinski definition) is 4. The zero-order valence-corrected chi connectivity index (χ0v) is 15.9. The monoisotopic (exact) mass is 361 g/mol. The van der Waals surface area contributed by atoms with Crippen LogP contribution in [0.1, 0.15) is 42.5 Å². The van der Waals surface area contributed by atoms with Crippen molar-refractivity contribution in [2.75, 3.05) is 40.4 Å². The standard InChI is InChI=1S/C19H31N5O2/c1-20-18(24-15-19(9-13-26-2)7-3-4-8-19)23-12-11-22-17(25)16-6-5-10-21-14-16/h5-6,10,14H,3-4,7-9,11-13,15H2,1-2H3,(H,22,25)(H2,20,23,24). The zero-order valence-electron chi connectivity index (χ0n) is 15.9. The fraction of sp³-hybridized carbons (Fsp3) is 0.632. The summed E-state index contributed by atoms with van der Waals surface area (Å²) in [6.07, 6.45) is 9.34. The number of nitrogens with zero attached hydrogens (tertiary/aromatic N) is 2. The second kappa shape index (κ2) is 10.8. The molecule has 0 aliphatic heterocycles. The highest BCUT2D eigenvalue weighted by atomic mass is 16.5. The fourth-order valence-corrected chi connectivity index (χ4v) is 3.41. The van der Waals surface area contributed by atoms with Crippen molar-refractivity contribution in [2.45, 2.75) is 32.1 Å². The van der Waals surface area contributed by atoms with Gasteiger partial charge in [-0.05, 0) is 36.8 Å². The molecule has 7 nitrogen and oxygen atoms in total. The van der Waals surface area contributed by atoms with Crippen molar-refractivity contribution in [2.24, 2.45) is 10.4 Å². The lowest BCUT2D eigenvalue weighted by molar-refractivity contribution is 0.0954. The Morgan fingerprint density at radius 2 is 2.04 bits per heavy atom. The number of methoxy groups -OCH3 is 1. The highest BCUT2D eigenvalue weighted by Gasteiger charge is 2.33. The van der Waals surface area contributed by atoms with Gasteiger partial charge in [-0.25, -0.2) is 0 Å². The summed E-state index contributed by atoms with van der Waals surface area (Å²) in [5.74, 6) is 0.650. The molecule has 0 aromatic carbocycles. The number of guanidine groups is 1. The van der Waals surface area contributed by atoms with E-state index in [9.17, 15) is 4.79 Å². The number of pyridine rings is 1. The van der Waals surface area contributed by atoms with E-state index in [1.807, 2.05) is 0 Å². The summed E-state index contributed by atoms with van der Waals surface area (Å²) in [5, 5.41) is 9.56. The van der Waals surface area contributed by atoms with E-state index in [1.54, 1.807) is 38.7 Å². The minimum absolute atomic E-state index is 0.118. The van der Waals surface area contributed by atoms with Gasteiger partial charge in [0.05, 0.1) is 5.56 Å². The fourth-order valence-electron chi connectivity index (χ4n) is 3.41. The van der Waals surface area contributed by atoms with Gasteiger partial charge in [-0.1, -0.05) is 12.8 Å². The number of carbonyl (C=O) groups is 1. The number of rotatable bonds is 9. The third-order valence-electron chi connectivity index (χ3n) is 4.98. The van der Waals surface area contributed by atoms with Crippen molar-refractivity contribution in [1.82, 2.24) is 20.9 Å². The molecule has 1 amide bonds. The van der Waals surface area contributed by atoms with Crippen molar-refractivity contribution in [3.05, 3.63) is 30.1 Å². The Kier molecular flexibility index (Phi) is 8.34. The van der Waals surface area contributed by atoms with E-state index >= 15 is 0 Å². The lowest BCUT2D eigenvalue weighted by atomic mass is 9.83. The van der Waals surface area contributed by atoms with Crippen LogP contribution < -0.4 is 16.0 Å². The Morgan fingerprint density at radius 3 is 2.69 bits per heavy atom. The number of amides is 1. The zero-order chi connectivity index (χ0) is 18.7. The summed E-state index contributed by atoms with van der Waals surface area (Å²) >= 11 is 0. The smallest absolute Gasteiger partial charge is 0.252 e. The van der Waals surface area contributed by atoms with Gasteiger partial charge in [0.15, 0.2) is 5.96 Å². The molecule has 2 rings (SSSR count). The molecule has 0 saturated heterocycles. The Balaban J connectivity index is 1.69. The van der Waals surface area contributed by atoms with Gasteiger partial charge in [0.2, 0.25) is 0 Å². The van der Waals surface area contributed by atoms with Gasteiger partial charge >= 0.3 is 0 Å². The van der Waals surface area contributed by atoms with E-state index in [1.165, 1.54) is 25.7 Å². The van der Waals surface area contributed by atoms with Crippen LogP contribution in [0.4, 0.5) is 0 Å². The molecule has 1 aliphatic carbocycles. The molecule has 1 saturated carbocycles. The Bertz CT molecular complexity index is 571. The van der Waals surface area contributed by atoms with E-state index < -0.39 is 0 Å². The van der Waals surface area contributed by atoms with Crippen molar-refractivity contribution < 1.29 is 9.53 Å². The quantitative estimate of drug-likeness (QED) is 0.353. The number of hydrogen-bond donors (Lipinski definition) is 3. The van der Waals surface area contributed by atoms with Gasteiger partial charge in [-0.15, -0.1) is 0 Å². The molecule has 1 aliphatic rings. The van der Waals surface area contributed by atoms with Gasteiger partial charge in [-0.3, -0.25) is 14.8 Å². The number of aliphatic imine (C=N–C) groups is 1. The van der Waals surface area contributed by atoms with Crippen LogP contribution in [0.25, 0.3) is 0 Å². The first-order valence-electron chi connectivity index (χ1n) is 9.31. The maximum Gasteiger partial charge on any atom is 0.252 e. The molecule has 1 aromatic rings. The molecule has 0 atom stereocenters. The second-order valence-electron chi connectivity index (χ2n) is 6.80. The van der Waals surface area contributed by atoms with Gasteiger partial charge in [0.25, 0.3) is 5.91 Å². The van der Waals surface area contributed by atoms with Gasteiger partial charge < -0.3 is 20.7 Å². The average molecular weight is 361 g/mol. The number of aromatic nitrogens is 1. The molecule has 7 heteroatoms. The van der Waals surface area contributed by atoms with E-state index in [0.29, 0.717) is 24.1 Å². The maximum atomic E-state index is 12.0. The molecule has 3 N–H and O–H groups in total. The highest BCUT2D eigenvalue weighted by Crippen LogP contribution is 2.40. The third kappa shape index (κ3) is 6.29. The van der Waals surface area contributed by atoms with Crippen molar-refractivity contribution in [3.8, 4) is 0 Å². The molecular formula is C19H31N5O2. The van der Waals surface area contributed by atoms with Crippen LogP contribution in [-0.4, -0.2) is 57.2 Å². The summed E-state index contributed by atoms with van der Waals surface area (Å²) < 4.78 is 5.28. The Hall–Kier alpha value is -2.15. The van der Waals surface area contributed by atoms with Crippen LogP contribution in [0.5, 0.6) is 0 Å². The van der Waals surface area contributed by atoms with Gasteiger partial charge in [0.1, 0.15) is 0 Å². The van der Waals surface area contributed by atoms with Crippen LogP contribution in [0, 0.1) is 5.41 Å². The molecule has 0 radical (unpaired) electrons. The summed E-state index contributed by atoms with van der Waals surface area (Å²) in [6, 6.07) is 3.50. The predicted molar refractivity (Wildman–Crippen MR) is 103 cm³/mol. The molecule has 0 spiro atoms. The first-order valence-corrected chi connectivity index (χ1v) is 9.31. The lowest BCUT2D eigenvalue weighted by Gasteiger charge is -2.30. The Morgan fingerprint density at radius 1 is 1.27 bits per heavy atom. The number of carbonyl (C=O) groups excluding carboxylic acids is 1. The minimum atomic E-state index is -0.118. The van der Waals surface area contributed by atoms with E-state index in [-0.39, 0.29) is 5.91 Å². The average Bonchev–Trinajstić information content (AvgIpc) is 3.15. The van der Waals surface area contributed by atoms with Crippen LogP contribution in [0.2, 0.25) is 0 Å². The first kappa shape index (κ1) is 20.2. The van der Waals surface area contributed by atoms with Crippen LogP contribution in [0.15, 0.2) is 29.5 Å². The van der Waals surface area contributed by atoms with Crippen LogP contribution in [0.3, 0.4) is 0 Å². The molecular weight excluding hydrogens is 330 g/mol. The van der Waals surface area contributed by atoms with Crippen molar-refractivity contribution >= 4 is 11.9 Å². The van der Waals surface area contributed by atoms with E-state index in [0.717, 1.165) is 25.5 Å². The van der Waals surface area contributed by atoms with Crippen LogP contribution >= 0.6 is 0 Å². The number of nitrogens with one attached hydrogen (secondary N) is 3.